The van der Waals surface area contributed by atoms with Gasteiger partial charge >= 0.3 is 0 Å². The number of alkyl halides is 1. The minimum Gasteiger partial charge on any atom is -0.396 e. The molecule has 124 valence electrons. The van der Waals surface area contributed by atoms with Crippen LogP contribution in [0.2, 0.25) is 0 Å². The Bertz CT molecular complexity index is 326. The summed E-state index contributed by atoms with van der Waals surface area (Å²) >= 11 is 2.58. The molecule has 1 N–H and O–H groups in total. The Morgan fingerprint density at radius 1 is 1.24 bits per heavy atom. The van der Waals surface area contributed by atoms with E-state index in [1.54, 1.807) is 0 Å². The third-order valence-electron chi connectivity index (χ3n) is 5.34. The lowest BCUT2D eigenvalue weighted by Gasteiger charge is -2.35. The SMILES string of the molecule is CCC[C@H](I)C(CO)C1C2CN(CC(C)C)C[C@H]2CN1C. The number of nitrogens with zero attached hydrogens (tertiary/aromatic N) is 2. The first-order valence-electron chi connectivity index (χ1n) is 8.65. The highest BCUT2D eigenvalue weighted by Crippen LogP contribution is 2.41. The summed E-state index contributed by atoms with van der Waals surface area (Å²) in [6.07, 6.45) is 2.44. The largest absolute Gasteiger partial charge is 0.396 e. The summed E-state index contributed by atoms with van der Waals surface area (Å²) in [5.74, 6) is 2.77. The van der Waals surface area contributed by atoms with Crippen LogP contribution in [-0.2, 0) is 0 Å². The molecule has 0 aromatic heterocycles. The van der Waals surface area contributed by atoms with E-state index in [-0.39, 0.29) is 0 Å². The summed E-state index contributed by atoms with van der Waals surface area (Å²) < 4.78 is 0.600. The lowest BCUT2D eigenvalue weighted by molar-refractivity contribution is 0.111. The first kappa shape index (κ1) is 18.0. The minimum atomic E-state index is 0.343. The lowest BCUT2D eigenvalue weighted by atomic mass is 9.83. The standard InChI is InChI=1S/C17H33IN2O/c1-5-6-16(18)15(11-21)17-14-10-20(7-12(2)3)9-13(14)8-19(17)4/h12-17,21H,5-11H2,1-4H3/t13-,14?,15?,16+,17?/m1/s1. The van der Waals surface area contributed by atoms with Gasteiger partial charge in [0.2, 0.25) is 0 Å². The van der Waals surface area contributed by atoms with Gasteiger partial charge in [0.25, 0.3) is 0 Å². The van der Waals surface area contributed by atoms with E-state index in [4.69, 9.17) is 0 Å². The molecule has 4 heteroatoms. The molecule has 2 aliphatic heterocycles. The van der Waals surface area contributed by atoms with E-state index >= 15 is 0 Å². The van der Waals surface area contributed by atoms with E-state index in [0.29, 0.717) is 22.5 Å². The molecule has 0 aromatic rings. The molecule has 0 bridgehead atoms. The van der Waals surface area contributed by atoms with E-state index in [0.717, 1.165) is 17.8 Å². The first-order chi connectivity index (χ1) is 9.97. The number of aliphatic hydroxyl groups excluding tert-OH is 1. The van der Waals surface area contributed by atoms with Crippen LogP contribution in [0.3, 0.4) is 0 Å². The zero-order valence-corrected chi connectivity index (χ0v) is 16.3. The van der Waals surface area contributed by atoms with E-state index in [9.17, 15) is 5.11 Å². The Balaban J connectivity index is 2.04. The zero-order chi connectivity index (χ0) is 15.6. The summed E-state index contributed by atoms with van der Waals surface area (Å²) in [6.45, 7) is 12.2. The molecule has 3 nitrogen and oxygen atoms in total. The molecular weight excluding hydrogens is 375 g/mol. The Morgan fingerprint density at radius 3 is 2.52 bits per heavy atom. The van der Waals surface area contributed by atoms with Gasteiger partial charge in [-0.25, -0.2) is 0 Å². The van der Waals surface area contributed by atoms with Gasteiger partial charge in [-0.15, -0.1) is 0 Å². The van der Waals surface area contributed by atoms with Crippen LogP contribution in [0.4, 0.5) is 0 Å². The van der Waals surface area contributed by atoms with Crippen LogP contribution < -0.4 is 0 Å². The molecule has 0 saturated carbocycles. The van der Waals surface area contributed by atoms with Crippen LogP contribution in [0, 0.1) is 23.7 Å². The van der Waals surface area contributed by atoms with Crippen LogP contribution in [0.1, 0.15) is 33.6 Å². The van der Waals surface area contributed by atoms with Gasteiger partial charge in [0, 0.05) is 48.7 Å². The second kappa shape index (κ2) is 7.93. The third-order valence-corrected chi connectivity index (χ3v) is 6.89. The lowest BCUT2D eigenvalue weighted by Crippen LogP contribution is -2.44. The summed E-state index contributed by atoms with van der Waals surface area (Å²) in [5, 5.41) is 9.99. The van der Waals surface area contributed by atoms with Crippen molar-refractivity contribution >= 4 is 22.6 Å². The molecule has 2 saturated heterocycles. The Kier molecular flexibility index (Phi) is 6.78. The van der Waals surface area contributed by atoms with E-state index in [1.807, 2.05) is 0 Å². The fourth-order valence-electron chi connectivity index (χ4n) is 4.62. The average Bonchev–Trinajstić information content (AvgIpc) is 2.88. The maximum atomic E-state index is 9.99. The molecule has 0 radical (unpaired) electrons. The minimum absolute atomic E-state index is 0.343. The van der Waals surface area contributed by atoms with Crippen molar-refractivity contribution in [2.75, 3.05) is 39.8 Å². The van der Waals surface area contributed by atoms with Gasteiger partial charge in [-0.1, -0.05) is 49.8 Å². The third kappa shape index (κ3) is 4.12. The molecule has 0 amide bonds. The van der Waals surface area contributed by atoms with Crippen LogP contribution in [0.5, 0.6) is 0 Å². The number of hydrogen-bond acceptors (Lipinski definition) is 3. The van der Waals surface area contributed by atoms with Crippen molar-refractivity contribution in [2.24, 2.45) is 23.7 Å². The molecule has 2 heterocycles. The van der Waals surface area contributed by atoms with Gasteiger partial charge in [0.1, 0.15) is 0 Å². The normalized spacial score (nSPS) is 33.6. The van der Waals surface area contributed by atoms with Gasteiger partial charge in [0.15, 0.2) is 0 Å². The monoisotopic (exact) mass is 408 g/mol. The predicted octanol–water partition coefficient (Wildman–Crippen LogP) is 2.72. The molecule has 5 atom stereocenters. The van der Waals surface area contributed by atoms with Crippen LogP contribution in [0.15, 0.2) is 0 Å². The molecule has 2 fully saturated rings. The highest BCUT2D eigenvalue weighted by Gasteiger charge is 2.49. The fourth-order valence-corrected chi connectivity index (χ4v) is 5.90. The van der Waals surface area contributed by atoms with Crippen LogP contribution >= 0.6 is 22.6 Å². The second-order valence-electron chi connectivity index (χ2n) is 7.62. The number of likely N-dealkylation sites (tertiary alicyclic amines) is 2. The number of halogens is 1. The van der Waals surface area contributed by atoms with Crippen molar-refractivity contribution in [1.82, 2.24) is 9.80 Å². The van der Waals surface area contributed by atoms with E-state index in [1.165, 1.54) is 39.0 Å². The smallest absolute Gasteiger partial charge is 0.0484 e. The Hall–Kier alpha value is 0.610. The second-order valence-corrected chi connectivity index (χ2v) is 9.22. The number of aliphatic hydroxyl groups is 1. The van der Waals surface area contributed by atoms with E-state index in [2.05, 4.69) is 60.2 Å². The summed E-state index contributed by atoms with van der Waals surface area (Å²) in [4.78, 5) is 5.21. The molecule has 3 unspecified atom stereocenters. The molecule has 21 heavy (non-hydrogen) atoms. The Labute approximate surface area is 144 Å². The molecule has 0 spiro atoms. The highest BCUT2D eigenvalue weighted by atomic mass is 127. The first-order valence-corrected chi connectivity index (χ1v) is 9.90. The van der Waals surface area contributed by atoms with Crippen molar-refractivity contribution in [2.45, 2.75) is 43.6 Å². The fraction of sp³-hybridized carbons (Fsp3) is 1.00. The van der Waals surface area contributed by atoms with Crippen molar-refractivity contribution in [1.29, 1.82) is 0 Å². The van der Waals surface area contributed by atoms with E-state index < -0.39 is 0 Å². The predicted molar refractivity (Wildman–Crippen MR) is 98.0 cm³/mol. The van der Waals surface area contributed by atoms with Gasteiger partial charge in [-0.2, -0.15) is 0 Å². The quantitative estimate of drug-likeness (QED) is 0.519. The number of rotatable bonds is 7. The summed E-state index contributed by atoms with van der Waals surface area (Å²) in [6, 6.07) is 0.575. The highest BCUT2D eigenvalue weighted by molar-refractivity contribution is 14.1. The van der Waals surface area contributed by atoms with Crippen LogP contribution in [0.25, 0.3) is 0 Å². The van der Waals surface area contributed by atoms with Gasteiger partial charge in [-0.3, -0.25) is 0 Å². The summed E-state index contributed by atoms with van der Waals surface area (Å²) in [5.41, 5.74) is 0. The van der Waals surface area contributed by atoms with Crippen molar-refractivity contribution < 1.29 is 5.11 Å². The van der Waals surface area contributed by atoms with Crippen molar-refractivity contribution in [3.05, 3.63) is 0 Å². The molecule has 2 rings (SSSR count). The van der Waals surface area contributed by atoms with Gasteiger partial charge in [0.05, 0.1) is 0 Å². The molecule has 0 aliphatic carbocycles. The van der Waals surface area contributed by atoms with Crippen molar-refractivity contribution in [3.8, 4) is 0 Å². The topological polar surface area (TPSA) is 26.7 Å². The number of hydrogen-bond donors (Lipinski definition) is 1. The maximum absolute atomic E-state index is 9.99. The number of fused-ring (bicyclic) bond motifs is 1. The maximum Gasteiger partial charge on any atom is 0.0484 e. The molecule has 2 aliphatic rings. The van der Waals surface area contributed by atoms with Crippen LogP contribution in [-0.4, -0.2) is 64.7 Å². The summed E-state index contributed by atoms with van der Waals surface area (Å²) in [7, 11) is 2.27. The van der Waals surface area contributed by atoms with Gasteiger partial charge in [-0.05, 0) is 31.2 Å². The Morgan fingerprint density at radius 2 is 1.95 bits per heavy atom. The zero-order valence-electron chi connectivity index (χ0n) is 14.1. The molecular formula is C17H33IN2O. The average molecular weight is 408 g/mol. The molecule has 0 aromatic carbocycles. The van der Waals surface area contributed by atoms with Gasteiger partial charge < -0.3 is 14.9 Å². The van der Waals surface area contributed by atoms with Crippen molar-refractivity contribution in [3.63, 3.8) is 0 Å².